The van der Waals surface area contributed by atoms with Crippen molar-refractivity contribution in [2.75, 3.05) is 11.9 Å². The lowest BCUT2D eigenvalue weighted by molar-refractivity contribution is -0.118. The summed E-state index contributed by atoms with van der Waals surface area (Å²) in [6.07, 6.45) is 0.678. The third-order valence-electron chi connectivity index (χ3n) is 3.56. The number of ether oxygens (including phenoxy) is 1. The van der Waals surface area contributed by atoms with Crippen molar-refractivity contribution in [1.82, 2.24) is 0 Å². The number of nitrogens with one attached hydrogen (secondary N) is 1. The van der Waals surface area contributed by atoms with E-state index in [-0.39, 0.29) is 12.5 Å². The molecule has 2 amide bonds. The minimum absolute atomic E-state index is 0.169. The number of anilines is 1. The monoisotopic (exact) mass is 366 g/mol. The van der Waals surface area contributed by atoms with Gasteiger partial charge in [0.1, 0.15) is 10.8 Å². The molecular weight excluding hydrogens is 348 g/mol. The lowest BCUT2D eigenvalue weighted by Gasteiger charge is -2.09. The first-order valence-corrected chi connectivity index (χ1v) is 8.63. The molecule has 0 bridgehead atoms. The van der Waals surface area contributed by atoms with Crippen LogP contribution in [-0.4, -0.2) is 18.4 Å². The average molecular weight is 367 g/mol. The third kappa shape index (κ3) is 4.07. The fraction of sp³-hybridized carbons (Fsp3) is 0.294. The summed E-state index contributed by atoms with van der Waals surface area (Å²) in [6.45, 7) is 5.53. The van der Waals surface area contributed by atoms with Gasteiger partial charge >= 0.3 is 0 Å². The molecule has 7 heteroatoms. The molecule has 0 spiro atoms. The second-order valence-corrected chi connectivity index (χ2v) is 6.94. The molecule has 24 heavy (non-hydrogen) atoms. The lowest BCUT2D eigenvalue weighted by Crippen LogP contribution is -2.22. The van der Waals surface area contributed by atoms with Crippen LogP contribution in [-0.2, 0) is 11.2 Å². The van der Waals surface area contributed by atoms with Crippen molar-refractivity contribution in [2.24, 2.45) is 5.73 Å². The Kier molecular flexibility index (Phi) is 5.85. The fourth-order valence-electron chi connectivity index (χ4n) is 2.37. The van der Waals surface area contributed by atoms with E-state index in [1.807, 2.05) is 20.8 Å². The van der Waals surface area contributed by atoms with E-state index in [1.165, 1.54) is 11.3 Å². The van der Waals surface area contributed by atoms with Crippen molar-refractivity contribution in [3.05, 3.63) is 44.8 Å². The summed E-state index contributed by atoms with van der Waals surface area (Å²) in [6, 6.07) is 5.17. The maximum absolute atomic E-state index is 12.1. The zero-order valence-corrected chi connectivity index (χ0v) is 15.3. The second kappa shape index (κ2) is 7.68. The van der Waals surface area contributed by atoms with Crippen LogP contribution in [0.4, 0.5) is 5.00 Å². The van der Waals surface area contributed by atoms with Crippen molar-refractivity contribution >= 4 is 39.8 Å². The number of carbonyl (C=O) groups is 2. The van der Waals surface area contributed by atoms with Gasteiger partial charge in [0.25, 0.3) is 11.8 Å². The van der Waals surface area contributed by atoms with Crippen LogP contribution in [0.5, 0.6) is 5.75 Å². The summed E-state index contributed by atoms with van der Waals surface area (Å²) in [5, 5.41) is 3.82. The molecule has 2 rings (SSSR count). The number of aryl methyl sites for hydroxylation is 2. The molecule has 0 saturated heterocycles. The molecule has 0 radical (unpaired) electrons. The zero-order valence-electron chi connectivity index (χ0n) is 13.7. The van der Waals surface area contributed by atoms with Crippen LogP contribution < -0.4 is 15.8 Å². The van der Waals surface area contributed by atoms with Gasteiger partial charge in [-0.3, -0.25) is 9.59 Å². The Bertz CT molecular complexity index is 786. The van der Waals surface area contributed by atoms with Gasteiger partial charge in [-0.05, 0) is 49.6 Å². The van der Waals surface area contributed by atoms with Gasteiger partial charge in [-0.15, -0.1) is 11.3 Å². The van der Waals surface area contributed by atoms with Crippen LogP contribution >= 0.6 is 22.9 Å². The quantitative estimate of drug-likeness (QED) is 0.817. The number of nitrogens with two attached hydrogens (primary N) is 1. The van der Waals surface area contributed by atoms with Gasteiger partial charge in [-0.25, -0.2) is 0 Å². The molecule has 0 aliphatic heterocycles. The number of amides is 2. The van der Waals surface area contributed by atoms with Gasteiger partial charge in [0, 0.05) is 9.90 Å². The van der Waals surface area contributed by atoms with Crippen LogP contribution in [0.3, 0.4) is 0 Å². The van der Waals surface area contributed by atoms with E-state index < -0.39 is 5.91 Å². The van der Waals surface area contributed by atoms with Crippen LogP contribution in [0, 0.1) is 13.8 Å². The van der Waals surface area contributed by atoms with Gasteiger partial charge in [0.05, 0.1) is 5.56 Å². The van der Waals surface area contributed by atoms with Gasteiger partial charge in [0.15, 0.2) is 6.61 Å². The molecule has 1 aromatic carbocycles. The number of halogens is 1. The van der Waals surface area contributed by atoms with E-state index in [4.69, 9.17) is 22.1 Å². The minimum Gasteiger partial charge on any atom is -0.484 e. The van der Waals surface area contributed by atoms with Crippen LogP contribution in [0.2, 0.25) is 5.02 Å². The van der Waals surface area contributed by atoms with E-state index >= 15 is 0 Å². The SMILES string of the molecule is CCc1c(C)sc(NC(=O)COc2ccc(Cl)c(C)c2)c1C(N)=O. The maximum atomic E-state index is 12.1. The number of benzene rings is 1. The standard InChI is InChI=1S/C17H19ClN2O3S/c1-4-12-10(3)24-17(15(12)16(19)22)20-14(21)8-23-11-5-6-13(18)9(2)7-11/h5-7H,4,8H2,1-3H3,(H2,19,22)(H,20,21). The highest BCUT2D eigenvalue weighted by molar-refractivity contribution is 7.16. The molecule has 5 nitrogen and oxygen atoms in total. The highest BCUT2D eigenvalue weighted by Gasteiger charge is 2.20. The summed E-state index contributed by atoms with van der Waals surface area (Å²) in [5.41, 5.74) is 7.57. The smallest absolute Gasteiger partial charge is 0.262 e. The van der Waals surface area contributed by atoms with Crippen molar-refractivity contribution in [3.63, 3.8) is 0 Å². The summed E-state index contributed by atoms with van der Waals surface area (Å²) in [7, 11) is 0. The van der Waals surface area contributed by atoms with Gasteiger partial charge < -0.3 is 15.8 Å². The van der Waals surface area contributed by atoms with Crippen molar-refractivity contribution in [2.45, 2.75) is 27.2 Å². The van der Waals surface area contributed by atoms with Gasteiger partial charge in [0.2, 0.25) is 0 Å². The first-order chi connectivity index (χ1) is 11.3. The van der Waals surface area contributed by atoms with E-state index in [2.05, 4.69) is 5.32 Å². The Morgan fingerprint density at radius 1 is 1.33 bits per heavy atom. The number of thiophene rings is 1. The van der Waals surface area contributed by atoms with Crippen molar-refractivity contribution < 1.29 is 14.3 Å². The highest BCUT2D eigenvalue weighted by Crippen LogP contribution is 2.33. The summed E-state index contributed by atoms with van der Waals surface area (Å²) in [4.78, 5) is 24.8. The van der Waals surface area contributed by atoms with Crippen molar-refractivity contribution in [1.29, 1.82) is 0 Å². The first kappa shape index (κ1) is 18.3. The second-order valence-electron chi connectivity index (χ2n) is 5.31. The molecule has 0 fully saturated rings. The molecule has 3 N–H and O–H groups in total. The van der Waals surface area contributed by atoms with Crippen molar-refractivity contribution in [3.8, 4) is 5.75 Å². The Morgan fingerprint density at radius 2 is 2.04 bits per heavy atom. The molecule has 0 saturated carbocycles. The Hall–Kier alpha value is -2.05. The zero-order chi connectivity index (χ0) is 17.9. The third-order valence-corrected chi connectivity index (χ3v) is 5.05. The van der Waals surface area contributed by atoms with Crippen LogP contribution in [0.15, 0.2) is 18.2 Å². The minimum atomic E-state index is -0.541. The molecule has 0 aliphatic rings. The van der Waals surface area contributed by atoms with Crippen LogP contribution in [0.1, 0.15) is 33.3 Å². The Balaban J connectivity index is 2.07. The first-order valence-electron chi connectivity index (χ1n) is 7.44. The molecule has 2 aromatic rings. The van der Waals surface area contributed by atoms with Gasteiger partial charge in [-0.2, -0.15) is 0 Å². The molecule has 128 valence electrons. The summed E-state index contributed by atoms with van der Waals surface area (Å²) in [5.74, 6) is -0.339. The predicted octanol–water partition coefficient (Wildman–Crippen LogP) is 3.70. The topological polar surface area (TPSA) is 81.4 Å². The molecule has 1 heterocycles. The predicted molar refractivity (Wildman–Crippen MR) is 97.3 cm³/mol. The maximum Gasteiger partial charge on any atom is 0.262 e. The summed E-state index contributed by atoms with van der Waals surface area (Å²) < 4.78 is 5.46. The van der Waals surface area contributed by atoms with Crippen LogP contribution in [0.25, 0.3) is 0 Å². The Labute approximate surface area is 149 Å². The number of hydrogen-bond acceptors (Lipinski definition) is 4. The van der Waals surface area contributed by atoms with E-state index in [0.29, 0.717) is 27.8 Å². The highest BCUT2D eigenvalue weighted by atomic mass is 35.5. The largest absolute Gasteiger partial charge is 0.484 e. The number of rotatable bonds is 6. The number of primary amides is 1. The fourth-order valence-corrected chi connectivity index (χ4v) is 3.66. The lowest BCUT2D eigenvalue weighted by atomic mass is 10.1. The molecule has 0 atom stereocenters. The molecular formula is C17H19ClN2O3S. The van der Waals surface area contributed by atoms with E-state index in [1.54, 1.807) is 18.2 Å². The summed E-state index contributed by atoms with van der Waals surface area (Å²) >= 11 is 7.29. The average Bonchev–Trinajstić information content (AvgIpc) is 2.83. The molecule has 1 aromatic heterocycles. The van der Waals surface area contributed by atoms with E-state index in [9.17, 15) is 9.59 Å². The normalized spacial score (nSPS) is 10.5. The number of carbonyl (C=O) groups excluding carboxylic acids is 2. The molecule has 0 unspecified atom stereocenters. The van der Waals surface area contributed by atoms with Gasteiger partial charge in [-0.1, -0.05) is 18.5 Å². The Morgan fingerprint density at radius 3 is 2.62 bits per heavy atom. The number of hydrogen-bond donors (Lipinski definition) is 2. The van der Waals surface area contributed by atoms with E-state index in [0.717, 1.165) is 16.0 Å². The molecule has 0 aliphatic carbocycles.